The highest BCUT2D eigenvalue weighted by atomic mass is 16.5. The Balaban J connectivity index is 1.48. The third-order valence-corrected chi connectivity index (χ3v) is 5.84. The van der Waals surface area contributed by atoms with Crippen molar-refractivity contribution in [3.63, 3.8) is 0 Å². The lowest BCUT2D eigenvalue weighted by Crippen LogP contribution is -2.21. The number of nitrogens with one attached hydrogen (secondary N) is 1. The summed E-state index contributed by atoms with van der Waals surface area (Å²) in [6, 6.07) is 24.4. The number of nitrogens with zero attached hydrogens (tertiary/aromatic N) is 2. The van der Waals surface area contributed by atoms with E-state index in [1.807, 2.05) is 42.5 Å². The lowest BCUT2D eigenvalue weighted by molar-refractivity contribution is 0.0994. The summed E-state index contributed by atoms with van der Waals surface area (Å²) in [6.45, 7) is 3.38. The number of carbonyl (C=O) groups excluding carboxylic acids is 1. The predicted octanol–water partition coefficient (Wildman–Crippen LogP) is 4.56. The highest BCUT2D eigenvalue weighted by molar-refractivity contribution is 5.92. The SMILES string of the molecule is COc1nc(-c2cccc(-c3ccccc3)c2C)ccc1CNCCc1cccnc1C(N)=O. The zero-order valence-electron chi connectivity index (χ0n) is 19.4. The van der Waals surface area contributed by atoms with Gasteiger partial charge in [0.05, 0.1) is 12.8 Å². The fourth-order valence-corrected chi connectivity index (χ4v) is 4.08. The number of primary amides is 1. The molecule has 172 valence electrons. The smallest absolute Gasteiger partial charge is 0.267 e. The van der Waals surface area contributed by atoms with Crippen molar-refractivity contribution in [2.45, 2.75) is 19.9 Å². The zero-order valence-corrected chi connectivity index (χ0v) is 19.4. The summed E-state index contributed by atoms with van der Waals surface area (Å²) < 4.78 is 5.61. The van der Waals surface area contributed by atoms with Gasteiger partial charge < -0.3 is 15.8 Å². The van der Waals surface area contributed by atoms with Crippen LogP contribution >= 0.6 is 0 Å². The number of amides is 1. The standard InChI is InChI=1S/C28H28N4O2/c1-19-23(20-8-4-3-5-9-20)11-6-12-24(19)25-14-13-22(28(32-25)34-2)18-30-17-15-21-10-7-16-31-26(21)27(29)33/h3-14,16,30H,15,17-18H2,1-2H3,(H2,29,33). The molecule has 0 aliphatic rings. The number of rotatable bonds is 9. The molecule has 4 rings (SSSR count). The average Bonchev–Trinajstić information content (AvgIpc) is 2.87. The van der Waals surface area contributed by atoms with E-state index in [2.05, 4.69) is 47.6 Å². The summed E-state index contributed by atoms with van der Waals surface area (Å²) in [7, 11) is 1.64. The van der Waals surface area contributed by atoms with E-state index < -0.39 is 5.91 Å². The molecule has 0 fully saturated rings. The summed E-state index contributed by atoms with van der Waals surface area (Å²) >= 11 is 0. The number of carbonyl (C=O) groups is 1. The molecular formula is C28H28N4O2. The van der Waals surface area contributed by atoms with Gasteiger partial charge in [-0.15, -0.1) is 0 Å². The molecule has 4 aromatic rings. The van der Waals surface area contributed by atoms with Crippen molar-refractivity contribution in [3.05, 3.63) is 101 Å². The molecule has 2 heterocycles. The Bertz CT molecular complexity index is 1290. The molecule has 2 aromatic carbocycles. The Morgan fingerprint density at radius 2 is 1.74 bits per heavy atom. The maximum Gasteiger partial charge on any atom is 0.267 e. The van der Waals surface area contributed by atoms with E-state index in [9.17, 15) is 4.79 Å². The summed E-state index contributed by atoms with van der Waals surface area (Å²) in [4.78, 5) is 20.4. The van der Waals surface area contributed by atoms with Gasteiger partial charge in [0.15, 0.2) is 0 Å². The Kier molecular flexibility index (Phi) is 7.30. The molecule has 3 N–H and O–H groups in total. The molecule has 6 heteroatoms. The largest absolute Gasteiger partial charge is 0.481 e. The fourth-order valence-electron chi connectivity index (χ4n) is 4.08. The number of hydrogen-bond donors (Lipinski definition) is 2. The van der Waals surface area contributed by atoms with Crippen molar-refractivity contribution in [3.8, 4) is 28.3 Å². The van der Waals surface area contributed by atoms with Crippen LogP contribution in [0.15, 0.2) is 79.0 Å². The van der Waals surface area contributed by atoms with Gasteiger partial charge >= 0.3 is 0 Å². The molecule has 0 bridgehead atoms. The second-order valence-electron chi connectivity index (χ2n) is 8.01. The number of benzene rings is 2. The van der Waals surface area contributed by atoms with Crippen LogP contribution < -0.4 is 15.8 Å². The van der Waals surface area contributed by atoms with Crippen LogP contribution in [0.1, 0.15) is 27.2 Å². The Morgan fingerprint density at radius 1 is 0.941 bits per heavy atom. The number of aromatic nitrogens is 2. The van der Waals surface area contributed by atoms with E-state index in [4.69, 9.17) is 15.5 Å². The van der Waals surface area contributed by atoms with Crippen LogP contribution in [0.2, 0.25) is 0 Å². The average molecular weight is 453 g/mol. The molecule has 2 aromatic heterocycles. The van der Waals surface area contributed by atoms with Gasteiger partial charge in [-0.05, 0) is 54.3 Å². The van der Waals surface area contributed by atoms with Crippen LogP contribution in [0.3, 0.4) is 0 Å². The van der Waals surface area contributed by atoms with Crippen molar-refractivity contribution in [2.24, 2.45) is 5.73 Å². The van der Waals surface area contributed by atoms with Crippen LogP contribution in [0, 0.1) is 6.92 Å². The maximum absolute atomic E-state index is 11.5. The molecule has 0 saturated carbocycles. The lowest BCUT2D eigenvalue weighted by Gasteiger charge is -2.14. The third kappa shape index (κ3) is 5.13. The molecule has 1 amide bonds. The van der Waals surface area contributed by atoms with Crippen LogP contribution in [0.5, 0.6) is 5.88 Å². The van der Waals surface area contributed by atoms with Crippen LogP contribution in [-0.2, 0) is 13.0 Å². The first kappa shape index (κ1) is 23.1. The minimum absolute atomic E-state index is 0.320. The molecule has 6 nitrogen and oxygen atoms in total. The molecular weight excluding hydrogens is 424 g/mol. The fraction of sp³-hybridized carbons (Fsp3) is 0.179. The second-order valence-corrected chi connectivity index (χ2v) is 8.01. The van der Waals surface area contributed by atoms with Gasteiger partial charge in [0.2, 0.25) is 5.88 Å². The number of ether oxygens (including phenoxy) is 1. The molecule has 0 radical (unpaired) electrons. The highest BCUT2D eigenvalue weighted by Crippen LogP contribution is 2.32. The quantitative estimate of drug-likeness (QED) is 0.364. The van der Waals surface area contributed by atoms with E-state index in [0.29, 0.717) is 31.1 Å². The maximum atomic E-state index is 11.5. The predicted molar refractivity (Wildman–Crippen MR) is 135 cm³/mol. The van der Waals surface area contributed by atoms with E-state index in [0.717, 1.165) is 22.4 Å². The molecule has 0 atom stereocenters. The Hall–Kier alpha value is -4.03. The normalized spacial score (nSPS) is 10.8. The summed E-state index contributed by atoms with van der Waals surface area (Å²) in [5, 5.41) is 3.39. The van der Waals surface area contributed by atoms with Gasteiger partial charge in [0.1, 0.15) is 5.69 Å². The zero-order chi connectivity index (χ0) is 23.9. The summed E-state index contributed by atoms with van der Waals surface area (Å²) in [5.74, 6) is 0.0809. The molecule has 0 unspecified atom stereocenters. The summed E-state index contributed by atoms with van der Waals surface area (Å²) in [6.07, 6.45) is 2.22. The first-order chi connectivity index (χ1) is 16.6. The molecule has 0 saturated heterocycles. The Labute approximate surface area is 199 Å². The van der Waals surface area contributed by atoms with Gasteiger partial charge in [-0.2, -0.15) is 0 Å². The van der Waals surface area contributed by atoms with Crippen LogP contribution in [0.4, 0.5) is 0 Å². The topological polar surface area (TPSA) is 90.1 Å². The third-order valence-electron chi connectivity index (χ3n) is 5.84. The molecule has 0 spiro atoms. The highest BCUT2D eigenvalue weighted by Gasteiger charge is 2.13. The minimum atomic E-state index is -0.510. The van der Waals surface area contributed by atoms with Gasteiger partial charge in [-0.3, -0.25) is 9.78 Å². The molecule has 0 aliphatic carbocycles. The van der Waals surface area contributed by atoms with Crippen LogP contribution in [-0.4, -0.2) is 29.5 Å². The van der Waals surface area contributed by atoms with Gasteiger partial charge in [-0.1, -0.05) is 60.7 Å². The molecule has 0 aliphatic heterocycles. The minimum Gasteiger partial charge on any atom is -0.481 e. The van der Waals surface area contributed by atoms with Crippen molar-refractivity contribution in [1.82, 2.24) is 15.3 Å². The van der Waals surface area contributed by atoms with Crippen LogP contribution in [0.25, 0.3) is 22.4 Å². The van der Waals surface area contributed by atoms with Crippen molar-refractivity contribution in [1.29, 1.82) is 0 Å². The second kappa shape index (κ2) is 10.7. The van der Waals surface area contributed by atoms with Gasteiger partial charge in [0.25, 0.3) is 5.91 Å². The van der Waals surface area contributed by atoms with E-state index in [-0.39, 0.29) is 0 Å². The first-order valence-electron chi connectivity index (χ1n) is 11.2. The van der Waals surface area contributed by atoms with Gasteiger partial charge in [0, 0.05) is 23.9 Å². The Morgan fingerprint density at radius 3 is 2.50 bits per heavy atom. The monoisotopic (exact) mass is 452 g/mol. The van der Waals surface area contributed by atoms with Gasteiger partial charge in [-0.25, -0.2) is 4.98 Å². The number of nitrogens with two attached hydrogens (primary N) is 1. The van der Waals surface area contributed by atoms with E-state index >= 15 is 0 Å². The first-order valence-corrected chi connectivity index (χ1v) is 11.2. The molecule has 34 heavy (non-hydrogen) atoms. The number of pyridine rings is 2. The van der Waals surface area contributed by atoms with Crippen molar-refractivity contribution >= 4 is 5.91 Å². The summed E-state index contributed by atoms with van der Waals surface area (Å²) in [5.41, 5.74) is 13.0. The van der Waals surface area contributed by atoms with Crippen molar-refractivity contribution in [2.75, 3.05) is 13.7 Å². The van der Waals surface area contributed by atoms with E-state index in [1.165, 1.54) is 16.7 Å². The number of methoxy groups -OCH3 is 1. The number of hydrogen-bond acceptors (Lipinski definition) is 5. The van der Waals surface area contributed by atoms with Crippen molar-refractivity contribution < 1.29 is 9.53 Å². The lowest BCUT2D eigenvalue weighted by atomic mass is 9.94. The van der Waals surface area contributed by atoms with E-state index in [1.54, 1.807) is 13.3 Å².